The molecule has 0 aliphatic heterocycles. The zero-order valence-corrected chi connectivity index (χ0v) is 13.1. The van der Waals surface area contributed by atoms with Crippen molar-refractivity contribution in [2.45, 2.75) is 33.6 Å². The molecule has 0 saturated heterocycles. The molecule has 0 unspecified atom stereocenters. The average Bonchev–Trinajstić information content (AvgIpc) is 2.36. The topological polar surface area (TPSA) is 47.6 Å². The van der Waals surface area contributed by atoms with E-state index in [0.717, 1.165) is 23.5 Å². The van der Waals surface area contributed by atoms with Crippen LogP contribution in [0.15, 0.2) is 18.2 Å². The highest BCUT2D eigenvalue weighted by molar-refractivity contribution is 5.76. The van der Waals surface area contributed by atoms with Crippen molar-refractivity contribution < 1.29 is 14.3 Å². The van der Waals surface area contributed by atoms with E-state index in [4.69, 9.17) is 9.47 Å². The summed E-state index contributed by atoms with van der Waals surface area (Å²) >= 11 is 0. The molecule has 0 bridgehead atoms. The van der Waals surface area contributed by atoms with E-state index >= 15 is 0 Å². The van der Waals surface area contributed by atoms with Crippen molar-refractivity contribution in [3.8, 4) is 11.5 Å². The van der Waals surface area contributed by atoms with E-state index in [0.29, 0.717) is 13.0 Å². The number of hydrogen-bond acceptors (Lipinski definition) is 3. The minimum absolute atomic E-state index is 0.0158. The number of carbonyl (C=O) groups excluding carboxylic acids is 1. The highest BCUT2D eigenvalue weighted by Gasteiger charge is 2.15. The SMILES string of the molecule is COc1ccc(CCNC(=O)CC(C)(C)C)c(OC)c1. The maximum atomic E-state index is 11.7. The maximum absolute atomic E-state index is 11.7. The molecule has 4 heteroatoms. The summed E-state index contributed by atoms with van der Waals surface area (Å²) in [4.78, 5) is 11.7. The number of ether oxygens (including phenoxy) is 2. The Labute approximate surface area is 121 Å². The van der Waals surface area contributed by atoms with Crippen LogP contribution in [0, 0.1) is 5.41 Å². The summed E-state index contributed by atoms with van der Waals surface area (Å²) in [6, 6.07) is 5.72. The van der Waals surface area contributed by atoms with Gasteiger partial charge in [-0.15, -0.1) is 0 Å². The minimum atomic E-state index is 0.0158. The number of carbonyl (C=O) groups is 1. The summed E-state index contributed by atoms with van der Waals surface area (Å²) < 4.78 is 10.5. The third-order valence-corrected chi connectivity index (χ3v) is 2.90. The van der Waals surface area contributed by atoms with Crippen LogP contribution in [0.5, 0.6) is 11.5 Å². The zero-order valence-electron chi connectivity index (χ0n) is 13.1. The second kappa shape index (κ2) is 7.17. The van der Waals surface area contributed by atoms with E-state index in [1.54, 1.807) is 14.2 Å². The van der Waals surface area contributed by atoms with Gasteiger partial charge in [-0.1, -0.05) is 26.8 Å². The fourth-order valence-corrected chi connectivity index (χ4v) is 1.94. The first-order valence-electron chi connectivity index (χ1n) is 6.83. The fraction of sp³-hybridized carbons (Fsp3) is 0.562. The standard InChI is InChI=1S/C16H25NO3/c1-16(2,3)11-15(18)17-9-8-12-6-7-13(19-4)10-14(12)20-5/h6-7,10H,8-9,11H2,1-5H3,(H,17,18). The van der Waals surface area contributed by atoms with E-state index in [2.05, 4.69) is 26.1 Å². The summed E-state index contributed by atoms with van der Waals surface area (Å²) in [6.45, 7) is 6.77. The van der Waals surface area contributed by atoms with E-state index < -0.39 is 0 Å². The highest BCUT2D eigenvalue weighted by Crippen LogP contribution is 2.24. The van der Waals surface area contributed by atoms with Crippen molar-refractivity contribution in [2.24, 2.45) is 5.41 Å². The monoisotopic (exact) mass is 279 g/mol. The molecule has 0 radical (unpaired) electrons. The van der Waals surface area contributed by atoms with E-state index in [1.807, 2.05) is 18.2 Å². The molecule has 0 aliphatic carbocycles. The van der Waals surface area contributed by atoms with Gasteiger partial charge in [0.1, 0.15) is 11.5 Å². The minimum Gasteiger partial charge on any atom is -0.497 e. The Hall–Kier alpha value is -1.71. The maximum Gasteiger partial charge on any atom is 0.220 e. The Morgan fingerprint density at radius 1 is 1.20 bits per heavy atom. The summed E-state index contributed by atoms with van der Waals surface area (Å²) in [6.07, 6.45) is 1.27. The highest BCUT2D eigenvalue weighted by atomic mass is 16.5. The number of hydrogen-bond donors (Lipinski definition) is 1. The third kappa shape index (κ3) is 5.51. The Morgan fingerprint density at radius 2 is 1.90 bits per heavy atom. The van der Waals surface area contributed by atoms with Crippen molar-refractivity contribution in [1.82, 2.24) is 5.32 Å². The summed E-state index contributed by atoms with van der Waals surface area (Å²) in [5.74, 6) is 1.64. The van der Waals surface area contributed by atoms with Gasteiger partial charge in [0.15, 0.2) is 0 Å². The molecule has 1 aromatic carbocycles. The Bertz CT molecular complexity index is 450. The molecular formula is C16H25NO3. The lowest BCUT2D eigenvalue weighted by Crippen LogP contribution is -2.29. The van der Waals surface area contributed by atoms with Crippen LogP contribution in [0.25, 0.3) is 0 Å². The molecule has 0 heterocycles. The molecule has 0 spiro atoms. The summed E-state index contributed by atoms with van der Waals surface area (Å²) in [5.41, 5.74) is 1.08. The van der Waals surface area contributed by atoms with Crippen molar-refractivity contribution >= 4 is 5.91 Å². The average molecular weight is 279 g/mol. The quantitative estimate of drug-likeness (QED) is 0.871. The van der Waals surface area contributed by atoms with Gasteiger partial charge in [-0.2, -0.15) is 0 Å². The number of benzene rings is 1. The smallest absolute Gasteiger partial charge is 0.220 e. The van der Waals surface area contributed by atoms with Gasteiger partial charge < -0.3 is 14.8 Å². The molecule has 112 valence electrons. The molecule has 20 heavy (non-hydrogen) atoms. The molecule has 1 aromatic rings. The number of rotatable bonds is 6. The first kappa shape index (κ1) is 16.3. The first-order chi connectivity index (χ1) is 9.35. The molecule has 0 aliphatic rings. The lowest BCUT2D eigenvalue weighted by Gasteiger charge is -2.17. The number of amides is 1. The van der Waals surface area contributed by atoms with Crippen LogP contribution in [0.2, 0.25) is 0 Å². The van der Waals surface area contributed by atoms with Gasteiger partial charge in [0, 0.05) is 19.0 Å². The third-order valence-electron chi connectivity index (χ3n) is 2.90. The van der Waals surface area contributed by atoms with Crippen LogP contribution < -0.4 is 14.8 Å². The largest absolute Gasteiger partial charge is 0.497 e. The van der Waals surface area contributed by atoms with Gasteiger partial charge in [-0.05, 0) is 23.5 Å². The Morgan fingerprint density at radius 3 is 2.45 bits per heavy atom. The Balaban J connectivity index is 2.52. The number of methoxy groups -OCH3 is 2. The van der Waals surface area contributed by atoms with Crippen LogP contribution in [0.1, 0.15) is 32.8 Å². The van der Waals surface area contributed by atoms with Crippen molar-refractivity contribution in [2.75, 3.05) is 20.8 Å². The molecule has 0 aromatic heterocycles. The number of nitrogens with one attached hydrogen (secondary N) is 1. The summed E-state index contributed by atoms with van der Waals surface area (Å²) in [5, 5.41) is 2.94. The van der Waals surface area contributed by atoms with Crippen LogP contribution in [-0.2, 0) is 11.2 Å². The first-order valence-corrected chi connectivity index (χ1v) is 6.83. The lowest BCUT2D eigenvalue weighted by molar-refractivity contribution is -0.122. The lowest BCUT2D eigenvalue weighted by atomic mass is 9.92. The van der Waals surface area contributed by atoms with Crippen molar-refractivity contribution in [1.29, 1.82) is 0 Å². The van der Waals surface area contributed by atoms with Crippen LogP contribution >= 0.6 is 0 Å². The molecular weight excluding hydrogens is 254 g/mol. The molecule has 0 atom stereocenters. The predicted octanol–water partition coefficient (Wildman–Crippen LogP) is 2.80. The molecule has 1 rings (SSSR count). The van der Waals surface area contributed by atoms with Gasteiger partial charge in [-0.3, -0.25) is 4.79 Å². The molecule has 0 saturated carbocycles. The van der Waals surface area contributed by atoms with Crippen LogP contribution in [0.4, 0.5) is 0 Å². The molecule has 1 N–H and O–H groups in total. The van der Waals surface area contributed by atoms with Crippen molar-refractivity contribution in [3.63, 3.8) is 0 Å². The van der Waals surface area contributed by atoms with E-state index in [-0.39, 0.29) is 11.3 Å². The second-order valence-electron chi connectivity index (χ2n) is 6.02. The van der Waals surface area contributed by atoms with Gasteiger partial charge in [0.05, 0.1) is 14.2 Å². The van der Waals surface area contributed by atoms with Gasteiger partial charge in [-0.25, -0.2) is 0 Å². The molecule has 4 nitrogen and oxygen atoms in total. The molecule has 1 amide bonds. The fourth-order valence-electron chi connectivity index (χ4n) is 1.94. The Kier molecular flexibility index (Phi) is 5.86. The zero-order chi connectivity index (χ0) is 15.2. The van der Waals surface area contributed by atoms with Gasteiger partial charge in [0.2, 0.25) is 5.91 Å². The summed E-state index contributed by atoms with van der Waals surface area (Å²) in [7, 11) is 3.26. The predicted molar refractivity (Wildman–Crippen MR) is 80.3 cm³/mol. The van der Waals surface area contributed by atoms with Crippen LogP contribution in [-0.4, -0.2) is 26.7 Å². The van der Waals surface area contributed by atoms with E-state index in [9.17, 15) is 4.79 Å². The van der Waals surface area contributed by atoms with Gasteiger partial charge >= 0.3 is 0 Å². The normalized spacial score (nSPS) is 11.1. The van der Waals surface area contributed by atoms with E-state index in [1.165, 1.54) is 0 Å². The molecule has 0 fully saturated rings. The van der Waals surface area contributed by atoms with Crippen molar-refractivity contribution in [3.05, 3.63) is 23.8 Å². The van der Waals surface area contributed by atoms with Crippen LogP contribution in [0.3, 0.4) is 0 Å². The van der Waals surface area contributed by atoms with Gasteiger partial charge in [0.25, 0.3) is 0 Å². The second-order valence-corrected chi connectivity index (χ2v) is 6.02.